The van der Waals surface area contributed by atoms with Gasteiger partial charge in [0.2, 0.25) is 0 Å². The molecule has 1 N–H and O–H groups in total. The van der Waals surface area contributed by atoms with Crippen molar-refractivity contribution in [2.75, 3.05) is 27.2 Å². The molecule has 2 aliphatic carbocycles. The molecule has 0 amide bonds. The van der Waals surface area contributed by atoms with E-state index in [0.29, 0.717) is 30.1 Å². The van der Waals surface area contributed by atoms with Crippen LogP contribution in [0.1, 0.15) is 85.7 Å². The van der Waals surface area contributed by atoms with Gasteiger partial charge in [0.15, 0.2) is 0 Å². The molecule has 3 unspecified atom stereocenters. The summed E-state index contributed by atoms with van der Waals surface area (Å²) in [5, 5.41) is 11.1. The molecule has 7 rings (SSSR count). The number of nitrogens with zero attached hydrogens (tertiary/aromatic N) is 3. The second-order valence-corrected chi connectivity index (χ2v) is 14.8. The van der Waals surface area contributed by atoms with Crippen molar-refractivity contribution in [1.82, 2.24) is 13.8 Å². The number of methoxy groups -OCH3 is 1. The summed E-state index contributed by atoms with van der Waals surface area (Å²) in [7, 11) is 2.67. The van der Waals surface area contributed by atoms with E-state index in [1.807, 2.05) is 18.2 Å². The lowest BCUT2D eigenvalue weighted by molar-refractivity contribution is 0.0697. The largest absolute Gasteiger partial charge is 0.497 e. The summed E-state index contributed by atoms with van der Waals surface area (Å²) in [4.78, 5) is 14.5. The average molecular weight is 576 g/mol. The number of piperazine rings is 1. The highest BCUT2D eigenvalue weighted by atomic mass is 32.2. The Labute approximate surface area is 245 Å². The molecule has 3 fully saturated rings. The van der Waals surface area contributed by atoms with Crippen LogP contribution in [0, 0.1) is 0 Å². The van der Waals surface area contributed by atoms with E-state index < -0.39 is 21.7 Å². The average Bonchev–Trinajstić information content (AvgIpc) is 3.65. The van der Waals surface area contributed by atoms with Gasteiger partial charge in [-0.05, 0) is 87.5 Å². The van der Waals surface area contributed by atoms with Gasteiger partial charge in [0.25, 0.3) is 0 Å². The number of hydrogen-bond donors (Lipinski definition) is 1. The van der Waals surface area contributed by atoms with Crippen LogP contribution >= 0.6 is 0 Å². The fourth-order valence-electron chi connectivity index (χ4n) is 8.06. The van der Waals surface area contributed by atoms with E-state index in [4.69, 9.17) is 4.74 Å². The van der Waals surface area contributed by atoms with Gasteiger partial charge in [0.05, 0.1) is 23.1 Å². The van der Waals surface area contributed by atoms with Gasteiger partial charge < -0.3 is 14.4 Å². The number of aromatic carboxylic acids is 1. The number of fused-ring (bicyclic) bond motifs is 7. The van der Waals surface area contributed by atoms with Crippen LogP contribution in [0.15, 0.2) is 36.4 Å². The van der Waals surface area contributed by atoms with Crippen molar-refractivity contribution in [3.8, 4) is 17.0 Å². The van der Waals surface area contributed by atoms with E-state index >= 15 is 0 Å². The van der Waals surface area contributed by atoms with Gasteiger partial charge in [0.1, 0.15) is 16.7 Å². The van der Waals surface area contributed by atoms with E-state index in [1.165, 1.54) is 41.6 Å². The van der Waals surface area contributed by atoms with Gasteiger partial charge >= 0.3 is 5.97 Å². The number of rotatable bonds is 5. The Kier molecular flexibility index (Phi) is 6.60. The minimum absolute atomic E-state index is 0.163. The number of carbonyl (C=O) groups is 1. The highest BCUT2D eigenvalue weighted by Crippen LogP contribution is 2.63. The second-order valence-electron chi connectivity index (χ2n) is 13.0. The summed E-state index contributed by atoms with van der Waals surface area (Å²) < 4.78 is 24.6. The van der Waals surface area contributed by atoms with Gasteiger partial charge in [-0.1, -0.05) is 25.3 Å². The Hall–Kier alpha value is -2.68. The van der Waals surface area contributed by atoms with Crippen LogP contribution in [0.4, 0.5) is 0 Å². The van der Waals surface area contributed by atoms with E-state index in [2.05, 4.69) is 46.8 Å². The standard InChI is InChI=1S/C33H41N3O4S/c1-20-17-35(18-21(2)34(20)3)41(39)33-16-28(33)27-15-24(40-4)11-13-25(27)31-30(22-8-6-5-7-9-22)26-12-10-23(32(37)38)14-29(26)36(31)19-33/h10-15,20-22,28H,5-9,16-19H2,1-4H3,(H,37,38)/t20-,21+,28?,33?,41?. The number of hydrogen-bond acceptors (Lipinski definition) is 4. The zero-order chi connectivity index (χ0) is 28.6. The predicted octanol–water partition coefficient (Wildman–Crippen LogP) is 5.99. The van der Waals surface area contributed by atoms with Crippen molar-refractivity contribution in [3.63, 3.8) is 0 Å². The fraction of sp³-hybridized carbons (Fsp3) is 0.545. The first-order valence-electron chi connectivity index (χ1n) is 15.2. The van der Waals surface area contributed by atoms with Crippen LogP contribution in [-0.2, 0) is 17.5 Å². The van der Waals surface area contributed by atoms with Crippen LogP contribution in [0.3, 0.4) is 0 Å². The first-order chi connectivity index (χ1) is 19.7. The summed E-state index contributed by atoms with van der Waals surface area (Å²) in [6.45, 7) is 6.62. The quantitative estimate of drug-likeness (QED) is 0.405. The lowest BCUT2D eigenvalue weighted by Gasteiger charge is -2.42. The van der Waals surface area contributed by atoms with Crippen molar-refractivity contribution in [2.45, 2.75) is 87.6 Å². The topological polar surface area (TPSA) is 75.0 Å². The maximum atomic E-state index is 14.7. The SMILES string of the molecule is COc1ccc2c(c1)C1CC1(S(=O)N1C[C@@H](C)N(C)[C@@H](C)C1)Cn1c-2c(C2CCCCC2)c2ccc(C(=O)O)cc21. The maximum Gasteiger partial charge on any atom is 0.335 e. The zero-order valence-corrected chi connectivity index (χ0v) is 25.4. The first-order valence-corrected chi connectivity index (χ1v) is 16.3. The van der Waals surface area contributed by atoms with Crippen molar-refractivity contribution in [3.05, 3.63) is 53.1 Å². The molecular weight excluding hydrogens is 534 g/mol. The number of benzene rings is 2. The van der Waals surface area contributed by atoms with Crippen LogP contribution in [0.25, 0.3) is 22.2 Å². The summed E-state index contributed by atoms with van der Waals surface area (Å²) in [5.74, 6) is 0.511. The molecule has 1 saturated heterocycles. The minimum atomic E-state index is -1.20. The molecule has 0 spiro atoms. The highest BCUT2D eigenvalue weighted by molar-refractivity contribution is 7.84. The van der Waals surface area contributed by atoms with Gasteiger partial charge in [0, 0.05) is 54.1 Å². The Morgan fingerprint density at radius 2 is 1.78 bits per heavy atom. The lowest BCUT2D eigenvalue weighted by atomic mass is 9.81. The van der Waals surface area contributed by atoms with Crippen LogP contribution in [0.2, 0.25) is 0 Å². The summed E-state index contributed by atoms with van der Waals surface area (Å²) in [6.07, 6.45) is 6.86. The fourth-order valence-corrected chi connectivity index (χ4v) is 10.2. The highest BCUT2D eigenvalue weighted by Gasteiger charge is 2.63. The first kappa shape index (κ1) is 27.2. The molecule has 0 radical (unpaired) electrons. The van der Waals surface area contributed by atoms with Crippen molar-refractivity contribution in [2.24, 2.45) is 0 Å². The molecule has 7 nitrogen and oxygen atoms in total. The summed E-state index contributed by atoms with van der Waals surface area (Å²) in [5.41, 5.74) is 6.25. The minimum Gasteiger partial charge on any atom is -0.497 e. The summed E-state index contributed by atoms with van der Waals surface area (Å²) in [6, 6.07) is 12.7. The number of carboxylic acid groups (broad SMARTS) is 1. The second kappa shape index (κ2) is 9.96. The molecular formula is C33H41N3O4S. The third kappa shape index (κ3) is 4.20. The van der Waals surface area contributed by atoms with Crippen LogP contribution in [0.5, 0.6) is 5.75 Å². The molecule has 218 valence electrons. The smallest absolute Gasteiger partial charge is 0.335 e. The molecule has 2 aliphatic heterocycles. The third-order valence-electron chi connectivity index (χ3n) is 10.6. The van der Waals surface area contributed by atoms with Crippen molar-refractivity contribution < 1.29 is 18.8 Å². The third-order valence-corrected chi connectivity index (χ3v) is 12.7. The van der Waals surface area contributed by atoms with Crippen LogP contribution < -0.4 is 4.74 Å². The van der Waals surface area contributed by atoms with E-state index in [0.717, 1.165) is 49.0 Å². The van der Waals surface area contributed by atoms with E-state index in [1.54, 1.807) is 13.2 Å². The Balaban J connectivity index is 1.45. The number of ether oxygens (including phenoxy) is 1. The normalized spacial score (nSPS) is 29.3. The van der Waals surface area contributed by atoms with Crippen molar-refractivity contribution >= 4 is 27.9 Å². The number of carboxylic acids is 1. The molecule has 3 heterocycles. The lowest BCUT2D eigenvalue weighted by Crippen LogP contribution is -2.57. The predicted molar refractivity (Wildman–Crippen MR) is 163 cm³/mol. The number of likely N-dealkylation sites (N-methyl/N-ethyl adjacent to an activating group) is 1. The molecule has 4 aliphatic rings. The monoisotopic (exact) mass is 575 g/mol. The Bertz CT molecular complexity index is 1550. The maximum absolute atomic E-state index is 14.7. The molecule has 3 aromatic rings. The number of aromatic nitrogens is 1. The summed E-state index contributed by atoms with van der Waals surface area (Å²) >= 11 is 0. The van der Waals surface area contributed by atoms with Gasteiger partial charge in [-0.15, -0.1) is 0 Å². The molecule has 2 saturated carbocycles. The molecule has 8 heteroatoms. The van der Waals surface area contributed by atoms with Crippen molar-refractivity contribution in [1.29, 1.82) is 0 Å². The zero-order valence-electron chi connectivity index (χ0n) is 24.6. The molecule has 41 heavy (non-hydrogen) atoms. The molecule has 2 aromatic carbocycles. The van der Waals surface area contributed by atoms with Gasteiger partial charge in [-0.2, -0.15) is 0 Å². The molecule has 0 bridgehead atoms. The molecule has 1 aromatic heterocycles. The van der Waals surface area contributed by atoms with E-state index in [-0.39, 0.29) is 5.92 Å². The van der Waals surface area contributed by atoms with Gasteiger partial charge in [-0.3, -0.25) is 4.90 Å². The Morgan fingerprint density at radius 3 is 2.46 bits per heavy atom. The van der Waals surface area contributed by atoms with E-state index in [9.17, 15) is 14.1 Å². The van der Waals surface area contributed by atoms with Gasteiger partial charge in [-0.25, -0.2) is 13.3 Å². The molecule has 5 atom stereocenters. The Morgan fingerprint density at radius 1 is 1.05 bits per heavy atom. The van der Waals surface area contributed by atoms with Crippen LogP contribution in [-0.4, -0.2) is 73.1 Å².